The topological polar surface area (TPSA) is 57.2 Å². The number of halogens is 3. The fourth-order valence-electron chi connectivity index (χ4n) is 0.139. The summed E-state index contributed by atoms with van der Waals surface area (Å²) in [6, 6.07) is 0. The Balaban J connectivity index is 0. The second-order valence-corrected chi connectivity index (χ2v) is 4.08. The molecule has 11 heavy (non-hydrogen) atoms. The maximum atomic E-state index is 11.1. The number of alkyl halides is 3. The summed E-state index contributed by atoms with van der Waals surface area (Å²) in [5.74, 6) is 0. The van der Waals surface area contributed by atoms with Gasteiger partial charge in [-0.25, -0.2) is 8.42 Å². The zero-order chi connectivity index (χ0) is 8.41. The Hall–Kier alpha value is 1.05. The molecule has 62 valence electrons. The van der Waals surface area contributed by atoms with Crippen LogP contribution in [0.15, 0.2) is 0 Å². The summed E-state index contributed by atoms with van der Waals surface area (Å²) < 4.78 is 62.2. The van der Waals surface area contributed by atoms with E-state index in [-0.39, 0.29) is 29.6 Å². The summed E-state index contributed by atoms with van der Waals surface area (Å²) in [6.07, 6.45) is 0. The molecule has 0 radical (unpaired) electrons. The Kier molecular flexibility index (Phi) is 6.53. The van der Waals surface area contributed by atoms with Crippen molar-refractivity contribution < 1.29 is 55.7 Å². The Morgan fingerprint density at radius 2 is 1.73 bits per heavy atom. The summed E-state index contributed by atoms with van der Waals surface area (Å²) in [4.78, 5) is 0. The Morgan fingerprint density at radius 3 is 1.82 bits per heavy atom. The third-order valence-electron chi connectivity index (χ3n) is 0.367. The summed E-state index contributed by atoms with van der Waals surface area (Å²) in [7, 11) is -4.76. The van der Waals surface area contributed by atoms with Gasteiger partial charge in [0.25, 0.3) is 0 Å². The van der Waals surface area contributed by atoms with Gasteiger partial charge in [-0.2, -0.15) is 13.2 Å². The monoisotopic (exact) mass is 218 g/mol. The first-order chi connectivity index (χ1) is 4.21. The molecule has 0 heterocycles. The minimum absolute atomic E-state index is 0. The number of hydrogen-bond acceptors (Lipinski definition) is 4. The van der Waals surface area contributed by atoms with E-state index in [1.807, 2.05) is 0 Å². The molecule has 0 spiro atoms. The zero-order valence-electron chi connectivity index (χ0n) is 5.38. The van der Waals surface area contributed by atoms with E-state index in [0.717, 1.165) is 0 Å². The fraction of sp³-hybridized carbons (Fsp3) is 1.00. The Bertz CT molecular complexity index is 197. The van der Waals surface area contributed by atoms with Crippen LogP contribution in [0.2, 0.25) is 0 Å². The van der Waals surface area contributed by atoms with Crippen molar-refractivity contribution in [3.8, 4) is 0 Å². The molecule has 0 aliphatic carbocycles. The molecule has 0 aliphatic heterocycles. The molecule has 0 aromatic carbocycles. The summed E-state index contributed by atoms with van der Waals surface area (Å²) in [6.45, 7) is 0. The van der Waals surface area contributed by atoms with Crippen molar-refractivity contribution in [1.29, 1.82) is 0 Å². The molecule has 0 aromatic heterocycles. The van der Waals surface area contributed by atoms with Crippen molar-refractivity contribution >= 4 is 21.9 Å². The number of thioether (sulfide) groups is 1. The van der Waals surface area contributed by atoms with E-state index in [1.54, 1.807) is 0 Å². The van der Waals surface area contributed by atoms with Crippen LogP contribution in [0.25, 0.3) is 0 Å². The molecule has 0 saturated carbocycles. The van der Waals surface area contributed by atoms with Gasteiger partial charge in [-0.05, 0) is 11.8 Å². The van der Waals surface area contributed by atoms with Crippen LogP contribution >= 0.6 is 11.8 Å². The van der Waals surface area contributed by atoms with Crippen LogP contribution in [0.3, 0.4) is 0 Å². The van der Waals surface area contributed by atoms with Crippen LogP contribution in [-0.4, -0.2) is 23.6 Å². The summed E-state index contributed by atoms with van der Waals surface area (Å²) in [5, 5.41) is -1.46. The largest absolute Gasteiger partial charge is 1.00 e. The van der Waals surface area contributed by atoms with Crippen molar-refractivity contribution in [3.63, 3.8) is 0 Å². The predicted molar refractivity (Wildman–Crippen MR) is 28.2 cm³/mol. The SMILES string of the molecule is O=S(=O)([O-])CSC(F)(F)F.[Na+]. The molecular weight excluding hydrogens is 216 g/mol. The second kappa shape index (κ2) is 4.93. The van der Waals surface area contributed by atoms with Gasteiger partial charge in [-0.1, -0.05) is 0 Å². The average molecular weight is 218 g/mol. The van der Waals surface area contributed by atoms with E-state index in [0.29, 0.717) is 0 Å². The summed E-state index contributed by atoms with van der Waals surface area (Å²) >= 11 is -0.860. The molecule has 0 aromatic rings. The van der Waals surface area contributed by atoms with Gasteiger partial charge in [0.15, 0.2) is 0 Å². The second-order valence-electron chi connectivity index (χ2n) is 1.27. The molecule has 0 rings (SSSR count). The Morgan fingerprint density at radius 1 is 1.36 bits per heavy atom. The van der Waals surface area contributed by atoms with Crippen LogP contribution < -0.4 is 29.6 Å². The summed E-state index contributed by atoms with van der Waals surface area (Å²) in [5.41, 5.74) is -4.66. The molecule has 0 unspecified atom stereocenters. The van der Waals surface area contributed by atoms with Gasteiger partial charge in [0.05, 0.1) is 5.08 Å². The maximum absolute atomic E-state index is 11.1. The fourth-order valence-corrected chi connectivity index (χ4v) is 1.25. The molecule has 0 saturated heterocycles. The van der Waals surface area contributed by atoms with Crippen molar-refractivity contribution in [3.05, 3.63) is 0 Å². The maximum Gasteiger partial charge on any atom is 1.00 e. The number of hydrogen-bond donors (Lipinski definition) is 0. The molecule has 0 fully saturated rings. The molecule has 0 aliphatic rings. The average Bonchev–Trinajstić information content (AvgIpc) is 1.57. The van der Waals surface area contributed by atoms with Crippen molar-refractivity contribution in [2.45, 2.75) is 5.51 Å². The van der Waals surface area contributed by atoms with E-state index >= 15 is 0 Å². The van der Waals surface area contributed by atoms with Gasteiger partial charge in [-0.15, -0.1) is 0 Å². The van der Waals surface area contributed by atoms with Crippen LogP contribution in [0.4, 0.5) is 13.2 Å². The van der Waals surface area contributed by atoms with Crippen molar-refractivity contribution in [1.82, 2.24) is 0 Å². The van der Waals surface area contributed by atoms with E-state index in [9.17, 15) is 26.1 Å². The predicted octanol–water partition coefficient (Wildman–Crippen LogP) is -2.25. The zero-order valence-corrected chi connectivity index (χ0v) is 9.02. The standard InChI is InChI=1S/C2H3F3O3S2.Na/c3-2(4,5)9-1-10(6,7)8;/h1H2,(H,6,7,8);/q;+1/p-1. The number of rotatable bonds is 2. The smallest absolute Gasteiger partial charge is 0.747 e. The van der Waals surface area contributed by atoms with Crippen LogP contribution in [0.5, 0.6) is 0 Å². The quantitative estimate of drug-likeness (QED) is 0.388. The molecule has 3 nitrogen and oxygen atoms in total. The van der Waals surface area contributed by atoms with E-state index in [1.165, 1.54) is 0 Å². The van der Waals surface area contributed by atoms with Crippen LogP contribution in [0, 0.1) is 0 Å². The normalized spacial score (nSPS) is 12.4. The van der Waals surface area contributed by atoms with E-state index in [4.69, 9.17) is 0 Å². The van der Waals surface area contributed by atoms with Crippen LogP contribution in [0.1, 0.15) is 0 Å². The minimum Gasteiger partial charge on any atom is -0.747 e. The first-order valence-electron chi connectivity index (χ1n) is 1.85. The van der Waals surface area contributed by atoms with Crippen molar-refractivity contribution in [2.75, 3.05) is 5.08 Å². The third-order valence-corrected chi connectivity index (χ3v) is 2.32. The van der Waals surface area contributed by atoms with Gasteiger partial charge in [0.1, 0.15) is 10.1 Å². The Labute approximate surface area is 87.8 Å². The van der Waals surface area contributed by atoms with Crippen LogP contribution in [-0.2, 0) is 10.1 Å². The first kappa shape index (κ1) is 14.6. The van der Waals surface area contributed by atoms with Gasteiger partial charge < -0.3 is 4.55 Å². The molecule has 0 N–H and O–H groups in total. The van der Waals surface area contributed by atoms with Gasteiger partial charge in [0, 0.05) is 0 Å². The molecule has 0 bridgehead atoms. The van der Waals surface area contributed by atoms with Gasteiger partial charge in [0.2, 0.25) is 0 Å². The van der Waals surface area contributed by atoms with Gasteiger partial charge in [-0.3, -0.25) is 0 Å². The van der Waals surface area contributed by atoms with E-state index in [2.05, 4.69) is 0 Å². The van der Waals surface area contributed by atoms with Crippen molar-refractivity contribution in [2.24, 2.45) is 0 Å². The third kappa shape index (κ3) is 14.0. The molecule has 9 heteroatoms. The van der Waals surface area contributed by atoms with Gasteiger partial charge >= 0.3 is 35.1 Å². The molecular formula is C2H2F3NaO3S2. The van der Waals surface area contributed by atoms with E-state index < -0.39 is 32.5 Å². The molecule has 0 amide bonds. The first-order valence-corrected chi connectivity index (χ1v) is 4.41. The molecule has 0 atom stereocenters. The minimum atomic E-state index is -4.76.